The summed E-state index contributed by atoms with van der Waals surface area (Å²) in [6.45, 7) is 4.96. The summed E-state index contributed by atoms with van der Waals surface area (Å²) in [6, 6.07) is -0.756. The summed E-state index contributed by atoms with van der Waals surface area (Å²) in [5.41, 5.74) is 0. The number of aliphatic hydroxyl groups excluding tert-OH is 1. The number of quaternary nitrogens is 1. The second-order valence-corrected chi connectivity index (χ2v) is 25.7. The van der Waals surface area contributed by atoms with Crippen LogP contribution in [0.4, 0.5) is 0 Å². The average Bonchev–Trinajstić information content (AvgIpc) is 3.35. The van der Waals surface area contributed by atoms with Crippen molar-refractivity contribution in [2.24, 2.45) is 0 Å². The molecule has 438 valence electrons. The van der Waals surface area contributed by atoms with E-state index >= 15 is 0 Å². The van der Waals surface area contributed by atoms with Gasteiger partial charge in [0, 0.05) is 6.42 Å². The minimum absolute atomic E-state index is 0.0794. The Bertz CT molecular complexity index is 1150. The maximum absolute atomic E-state index is 13.0. The van der Waals surface area contributed by atoms with Crippen molar-refractivity contribution in [3.05, 3.63) is 0 Å². The van der Waals surface area contributed by atoms with Gasteiger partial charge in [-0.1, -0.05) is 335 Å². The number of carbonyl (C=O) groups excluding carboxylic acids is 1. The molecule has 0 aromatic rings. The first-order chi connectivity index (χ1) is 35.5. The molecule has 0 heterocycles. The van der Waals surface area contributed by atoms with Crippen molar-refractivity contribution in [2.75, 3.05) is 40.9 Å². The van der Waals surface area contributed by atoms with Crippen LogP contribution in [0.15, 0.2) is 0 Å². The van der Waals surface area contributed by atoms with E-state index in [1.54, 1.807) is 0 Å². The number of likely N-dealkylation sites (N-methyl/N-ethyl adjacent to an activating group) is 1. The third kappa shape index (κ3) is 59.0. The summed E-state index contributed by atoms with van der Waals surface area (Å²) in [7, 11) is 1.64. The molecule has 0 aromatic heterocycles. The molecule has 0 radical (unpaired) electrons. The Kier molecular flexibility index (Phi) is 55.8. The van der Waals surface area contributed by atoms with Gasteiger partial charge >= 0.3 is 7.82 Å². The van der Waals surface area contributed by atoms with Gasteiger partial charge in [0.25, 0.3) is 0 Å². The molecule has 73 heavy (non-hydrogen) atoms. The highest BCUT2D eigenvalue weighted by molar-refractivity contribution is 7.47. The Morgan fingerprint density at radius 2 is 0.658 bits per heavy atom. The fourth-order valence-electron chi connectivity index (χ4n) is 10.5. The van der Waals surface area contributed by atoms with E-state index in [0.717, 1.165) is 38.5 Å². The topological polar surface area (TPSA) is 105 Å². The van der Waals surface area contributed by atoms with Crippen LogP contribution in [-0.4, -0.2) is 73.4 Å². The lowest BCUT2D eigenvalue weighted by Crippen LogP contribution is -2.46. The largest absolute Gasteiger partial charge is 0.472 e. The van der Waals surface area contributed by atoms with Crippen LogP contribution < -0.4 is 5.32 Å². The molecule has 0 saturated carbocycles. The molecule has 9 heteroatoms. The lowest BCUT2D eigenvalue weighted by molar-refractivity contribution is -0.870. The third-order valence-electron chi connectivity index (χ3n) is 15.6. The number of hydrogen-bond donors (Lipinski definition) is 3. The van der Waals surface area contributed by atoms with Gasteiger partial charge in [-0.2, -0.15) is 0 Å². The maximum atomic E-state index is 13.0. The van der Waals surface area contributed by atoms with Crippen molar-refractivity contribution in [1.82, 2.24) is 5.32 Å². The molecule has 3 atom stereocenters. The molecule has 0 aliphatic heterocycles. The quantitative estimate of drug-likeness (QED) is 0.0318. The molecule has 0 spiro atoms. The highest BCUT2D eigenvalue weighted by atomic mass is 31.2. The van der Waals surface area contributed by atoms with Gasteiger partial charge in [0.05, 0.1) is 39.9 Å². The van der Waals surface area contributed by atoms with Crippen LogP contribution in [0.5, 0.6) is 0 Å². The molecule has 1 amide bonds. The van der Waals surface area contributed by atoms with Gasteiger partial charge in [-0.3, -0.25) is 13.8 Å². The summed E-state index contributed by atoms with van der Waals surface area (Å²) in [5.74, 6) is -0.134. The normalized spacial score (nSPS) is 13.7. The van der Waals surface area contributed by atoms with Crippen molar-refractivity contribution >= 4 is 13.7 Å². The van der Waals surface area contributed by atoms with Crippen LogP contribution >= 0.6 is 7.82 Å². The Labute approximate surface area is 457 Å². The molecule has 0 fully saturated rings. The number of aliphatic hydroxyl groups is 1. The van der Waals surface area contributed by atoms with Crippen molar-refractivity contribution < 1.29 is 32.9 Å². The number of amides is 1. The standard InChI is InChI=1S/C64H131N2O6P/c1-6-8-10-12-14-16-18-20-22-24-26-28-30-32-33-34-36-38-40-42-44-46-48-50-52-54-56-58-64(68)65-62(61-72-73(69,70)71-60-59-66(3,4)5)63(67)57-55-53-51-49-47-45-43-41-39-37-35-31-29-27-25-23-21-19-17-15-13-11-9-7-2/h62-63,67H,6-61H2,1-5H3,(H-,65,68,69,70)/p+1. The number of phosphoric ester groups is 1. The second kappa shape index (κ2) is 56.2. The van der Waals surface area contributed by atoms with E-state index in [-0.39, 0.29) is 19.1 Å². The van der Waals surface area contributed by atoms with E-state index in [1.165, 1.54) is 289 Å². The van der Waals surface area contributed by atoms with Crippen molar-refractivity contribution in [3.63, 3.8) is 0 Å². The summed E-state index contributed by atoms with van der Waals surface area (Å²) in [5, 5.41) is 14.1. The fourth-order valence-corrected chi connectivity index (χ4v) is 11.2. The predicted octanol–water partition coefficient (Wildman–Crippen LogP) is 20.4. The minimum Gasteiger partial charge on any atom is -0.391 e. The van der Waals surface area contributed by atoms with Gasteiger partial charge in [-0.05, 0) is 12.8 Å². The van der Waals surface area contributed by atoms with Gasteiger partial charge in [0.2, 0.25) is 5.91 Å². The minimum atomic E-state index is -4.32. The van der Waals surface area contributed by atoms with Crippen molar-refractivity contribution in [1.29, 1.82) is 0 Å². The Morgan fingerprint density at radius 3 is 0.918 bits per heavy atom. The average molecular weight is 1060 g/mol. The van der Waals surface area contributed by atoms with Crippen LogP contribution in [0.2, 0.25) is 0 Å². The molecule has 0 aromatic carbocycles. The van der Waals surface area contributed by atoms with Gasteiger partial charge in [0.15, 0.2) is 0 Å². The molecular formula is C64H132N2O6P+. The first kappa shape index (κ1) is 72.5. The molecule has 0 rings (SSSR count). The van der Waals surface area contributed by atoms with Crippen LogP contribution in [0.1, 0.15) is 354 Å². The summed E-state index contributed by atoms with van der Waals surface area (Å²) >= 11 is 0. The SMILES string of the molecule is CCCCCCCCCCCCCCCCCCCCCCCCCCCCCC(=O)NC(COP(=O)(O)OCC[N+](C)(C)C)C(O)CCCCCCCCCCCCCCCCCCCCCCCCCC. The predicted molar refractivity (Wildman–Crippen MR) is 319 cm³/mol. The van der Waals surface area contributed by atoms with E-state index < -0.39 is 20.0 Å². The summed E-state index contributed by atoms with van der Waals surface area (Å²) in [4.78, 5) is 23.4. The van der Waals surface area contributed by atoms with Crippen LogP contribution in [0.3, 0.4) is 0 Å². The van der Waals surface area contributed by atoms with Gasteiger partial charge in [0.1, 0.15) is 13.2 Å². The number of nitrogens with zero attached hydrogens (tertiary/aromatic N) is 1. The Morgan fingerprint density at radius 1 is 0.411 bits per heavy atom. The van der Waals surface area contributed by atoms with E-state index in [4.69, 9.17) is 9.05 Å². The lowest BCUT2D eigenvalue weighted by atomic mass is 10.0. The van der Waals surface area contributed by atoms with Crippen molar-refractivity contribution in [3.8, 4) is 0 Å². The smallest absolute Gasteiger partial charge is 0.391 e. The Balaban J connectivity index is 4.03. The molecule has 0 aliphatic carbocycles. The number of phosphoric acid groups is 1. The zero-order valence-electron chi connectivity index (χ0n) is 50.2. The number of rotatable bonds is 62. The number of hydrogen-bond acceptors (Lipinski definition) is 5. The van der Waals surface area contributed by atoms with Crippen LogP contribution in [0, 0.1) is 0 Å². The highest BCUT2D eigenvalue weighted by Crippen LogP contribution is 2.43. The van der Waals surface area contributed by atoms with Gasteiger partial charge in [-0.25, -0.2) is 4.57 Å². The fraction of sp³-hybridized carbons (Fsp3) is 0.984. The molecule has 0 saturated heterocycles. The molecule has 0 bridgehead atoms. The number of nitrogens with one attached hydrogen (secondary N) is 1. The molecular weight excluding hydrogens is 924 g/mol. The summed E-state index contributed by atoms with van der Waals surface area (Å²) in [6.07, 6.45) is 69.0. The second-order valence-electron chi connectivity index (χ2n) is 24.2. The Hall–Kier alpha value is -0.500. The van der Waals surface area contributed by atoms with Gasteiger partial charge < -0.3 is 19.8 Å². The van der Waals surface area contributed by atoms with Crippen LogP contribution in [-0.2, 0) is 18.4 Å². The maximum Gasteiger partial charge on any atom is 0.472 e. The molecule has 0 aliphatic rings. The van der Waals surface area contributed by atoms with Gasteiger partial charge in [-0.15, -0.1) is 0 Å². The molecule has 3 N–H and O–H groups in total. The summed E-state index contributed by atoms with van der Waals surface area (Å²) < 4.78 is 23.9. The van der Waals surface area contributed by atoms with Crippen molar-refractivity contribution in [2.45, 2.75) is 366 Å². The molecule has 8 nitrogen and oxygen atoms in total. The van der Waals surface area contributed by atoms with E-state index in [0.29, 0.717) is 23.9 Å². The third-order valence-corrected chi connectivity index (χ3v) is 16.6. The van der Waals surface area contributed by atoms with E-state index in [1.807, 2.05) is 21.1 Å². The first-order valence-corrected chi connectivity index (χ1v) is 34.4. The first-order valence-electron chi connectivity index (χ1n) is 32.9. The monoisotopic (exact) mass is 1060 g/mol. The van der Waals surface area contributed by atoms with E-state index in [2.05, 4.69) is 19.2 Å². The zero-order chi connectivity index (χ0) is 53.5. The zero-order valence-corrected chi connectivity index (χ0v) is 51.1. The highest BCUT2D eigenvalue weighted by Gasteiger charge is 2.28. The lowest BCUT2D eigenvalue weighted by Gasteiger charge is -2.26. The van der Waals surface area contributed by atoms with Crippen LogP contribution in [0.25, 0.3) is 0 Å². The number of unbranched alkanes of at least 4 members (excludes halogenated alkanes) is 49. The molecule has 3 unspecified atom stereocenters. The number of carbonyl (C=O) groups is 1. The van der Waals surface area contributed by atoms with E-state index in [9.17, 15) is 19.4 Å².